The van der Waals surface area contributed by atoms with Crippen molar-refractivity contribution in [2.75, 3.05) is 13.2 Å². The molecule has 1 amide bonds. The maximum absolute atomic E-state index is 11.7. The van der Waals surface area contributed by atoms with Crippen molar-refractivity contribution in [3.05, 3.63) is 63.6 Å². The van der Waals surface area contributed by atoms with Crippen molar-refractivity contribution in [1.82, 2.24) is 5.32 Å². The third-order valence-electron chi connectivity index (χ3n) is 3.23. The van der Waals surface area contributed by atoms with E-state index < -0.39 is 18.5 Å². The van der Waals surface area contributed by atoms with Crippen molar-refractivity contribution in [2.24, 2.45) is 0 Å². The van der Waals surface area contributed by atoms with Crippen LogP contribution in [0.15, 0.2) is 42.5 Å². The highest BCUT2D eigenvalue weighted by atomic mass is 35.5. The summed E-state index contributed by atoms with van der Waals surface area (Å²) in [5, 5.41) is 3.52. The summed E-state index contributed by atoms with van der Waals surface area (Å²) in [5.74, 6) is -0.752. The van der Waals surface area contributed by atoms with Crippen molar-refractivity contribution in [3.8, 4) is 5.75 Å². The zero-order valence-corrected chi connectivity index (χ0v) is 15.0. The molecule has 0 unspecified atom stereocenters. The monoisotopic (exact) mass is 395 g/mol. The van der Waals surface area contributed by atoms with Crippen molar-refractivity contribution in [2.45, 2.75) is 6.54 Å². The van der Waals surface area contributed by atoms with Crippen LogP contribution in [0.1, 0.15) is 15.9 Å². The quantitative estimate of drug-likeness (QED) is 0.548. The number of aldehydes is 1. The first-order valence-electron chi connectivity index (χ1n) is 7.52. The van der Waals surface area contributed by atoms with Gasteiger partial charge in [-0.05, 0) is 42.0 Å². The van der Waals surface area contributed by atoms with Gasteiger partial charge in [0.05, 0.1) is 0 Å². The summed E-state index contributed by atoms with van der Waals surface area (Å²) < 4.78 is 10.0. The van der Waals surface area contributed by atoms with E-state index in [9.17, 15) is 14.4 Å². The summed E-state index contributed by atoms with van der Waals surface area (Å²) in [6.07, 6.45) is 0.702. The van der Waals surface area contributed by atoms with Gasteiger partial charge in [0, 0.05) is 22.2 Å². The van der Waals surface area contributed by atoms with E-state index >= 15 is 0 Å². The maximum atomic E-state index is 11.7. The standard InChI is InChI=1S/C18H15Cl2NO5/c19-14-4-3-13(16(20)7-14)8-21-17(23)10-26-18(24)11-25-15-5-1-12(9-22)2-6-15/h1-7,9H,8,10-11H2,(H,21,23). The second-order valence-corrected chi connectivity index (χ2v) is 5.99. The van der Waals surface area contributed by atoms with Gasteiger partial charge in [-0.3, -0.25) is 9.59 Å². The van der Waals surface area contributed by atoms with Crippen LogP contribution in [0.4, 0.5) is 0 Å². The van der Waals surface area contributed by atoms with Crippen LogP contribution in [0.5, 0.6) is 5.75 Å². The van der Waals surface area contributed by atoms with Crippen LogP contribution in [-0.4, -0.2) is 31.4 Å². The average molecular weight is 396 g/mol. The Labute approximate surface area is 160 Å². The highest BCUT2D eigenvalue weighted by Crippen LogP contribution is 2.20. The van der Waals surface area contributed by atoms with Gasteiger partial charge in [-0.2, -0.15) is 0 Å². The van der Waals surface area contributed by atoms with Crippen molar-refractivity contribution >= 4 is 41.4 Å². The number of carbonyl (C=O) groups is 3. The molecule has 0 radical (unpaired) electrons. The fourth-order valence-corrected chi connectivity index (χ4v) is 2.36. The molecular weight excluding hydrogens is 381 g/mol. The van der Waals surface area contributed by atoms with Crippen molar-refractivity contribution in [1.29, 1.82) is 0 Å². The van der Waals surface area contributed by atoms with E-state index in [-0.39, 0.29) is 13.2 Å². The Kier molecular flexibility index (Phi) is 7.44. The Hall–Kier alpha value is -2.57. The Morgan fingerprint density at radius 3 is 2.42 bits per heavy atom. The molecule has 0 aliphatic rings. The van der Waals surface area contributed by atoms with Gasteiger partial charge in [-0.15, -0.1) is 0 Å². The molecule has 1 N–H and O–H groups in total. The van der Waals surface area contributed by atoms with Crippen molar-refractivity contribution in [3.63, 3.8) is 0 Å². The van der Waals surface area contributed by atoms with Gasteiger partial charge in [-0.25, -0.2) is 4.79 Å². The smallest absolute Gasteiger partial charge is 0.344 e. The summed E-state index contributed by atoms with van der Waals surface area (Å²) in [6.45, 7) is -0.597. The third kappa shape index (κ3) is 6.38. The van der Waals surface area contributed by atoms with E-state index in [4.69, 9.17) is 32.7 Å². The molecule has 6 nitrogen and oxygen atoms in total. The zero-order chi connectivity index (χ0) is 18.9. The molecule has 0 heterocycles. The molecule has 0 bridgehead atoms. The van der Waals surface area contributed by atoms with Crippen LogP contribution in [0.2, 0.25) is 10.0 Å². The number of rotatable bonds is 8. The fourth-order valence-electron chi connectivity index (χ4n) is 1.88. The molecule has 0 spiro atoms. The van der Waals surface area contributed by atoms with Crippen LogP contribution in [0, 0.1) is 0 Å². The lowest BCUT2D eigenvalue weighted by molar-refractivity contribution is -0.150. The molecule has 0 aromatic heterocycles. The number of amides is 1. The molecule has 2 aromatic rings. The molecule has 2 rings (SSSR count). The Balaban J connectivity index is 1.69. The highest BCUT2D eigenvalue weighted by molar-refractivity contribution is 6.35. The van der Waals surface area contributed by atoms with Gasteiger partial charge in [0.15, 0.2) is 13.2 Å². The minimum Gasteiger partial charge on any atom is -0.482 e. The van der Waals surface area contributed by atoms with Crippen LogP contribution in [0.25, 0.3) is 0 Å². The predicted octanol–water partition coefficient (Wildman–Crippen LogP) is 3.04. The summed E-state index contributed by atoms with van der Waals surface area (Å²) in [4.78, 5) is 33.8. The Bertz CT molecular complexity index is 793. The number of hydrogen-bond acceptors (Lipinski definition) is 5. The number of hydrogen-bond donors (Lipinski definition) is 1. The minimum atomic E-state index is -0.691. The number of halogens is 2. The van der Waals surface area contributed by atoms with Crippen molar-refractivity contribution < 1.29 is 23.9 Å². The molecule has 0 saturated carbocycles. The lowest BCUT2D eigenvalue weighted by Crippen LogP contribution is -2.29. The SMILES string of the molecule is O=Cc1ccc(OCC(=O)OCC(=O)NCc2ccc(Cl)cc2Cl)cc1. The van der Waals surface area contributed by atoms with E-state index in [1.54, 1.807) is 42.5 Å². The van der Waals surface area contributed by atoms with Crippen LogP contribution in [0.3, 0.4) is 0 Å². The van der Waals surface area contributed by atoms with Gasteiger partial charge in [-0.1, -0.05) is 29.3 Å². The molecule has 26 heavy (non-hydrogen) atoms. The van der Waals surface area contributed by atoms with E-state index in [0.717, 1.165) is 0 Å². The van der Waals surface area contributed by atoms with E-state index in [0.29, 0.717) is 33.2 Å². The third-order valence-corrected chi connectivity index (χ3v) is 3.82. The predicted molar refractivity (Wildman–Crippen MR) is 96.6 cm³/mol. The van der Waals surface area contributed by atoms with Gasteiger partial charge in [0.25, 0.3) is 5.91 Å². The van der Waals surface area contributed by atoms with Crippen LogP contribution >= 0.6 is 23.2 Å². The molecule has 136 valence electrons. The lowest BCUT2D eigenvalue weighted by Gasteiger charge is -2.09. The lowest BCUT2D eigenvalue weighted by atomic mass is 10.2. The number of ether oxygens (including phenoxy) is 2. The minimum absolute atomic E-state index is 0.186. The number of carbonyl (C=O) groups excluding carboxylic acids is 3. The summed E-state index contributed by atoms with van der Waals surface area (Å²) in [5.41, 5.74) is 1.19. The van der Waals surface area contributed by atoms with E-state index in [1.807, 2.05) is 0 Å². The highest BCUT2D eigenvalue weighted by Gasteiger charge is 2.09. The Morgan fingerprint density at radius 2 is 1.77 bits per heavy atom. The molecule has 0 aliphatic heterocycles. The largest absolute Gasteiger partial charge is 0.482 e. The molecule has 2 aromatic carbocycles. The summed E-state index contributed by atoms with van der Waals surface area (Å²) >= 11 is 11.8. The van der Waals surface area contributed by atoms with Crippen LogP contribution in [-0.2, 0) is 20.9 Å². The fraction of sp³-hybridized carbons (Fsp3) is 0.167. The molecular formula is C18H15Cl2NO5. The van der Waals surface area contributed by atoms with Gasteiger partial charge >= 0.3 is 5.97 Å². The number of nitrogens with one attached hydrogen (secondary N) is 1. The first kappa shape index (κ1) is 19.8. The van der Waals surface area contributed by atoms with E-state index in [1.165, 1.54) is 0 Å². The first-order chi connectivity index (χ1) is 12.5. The molecule has 0 saturated heterocycles. The number of benzene rings is 2. The normalized spacial score (nSPS) is 10.1. The zero-order valence-electron chi connectivity index (χ0n) is 13.5. The summed E-state index contributed by atoms with van der Waals surface area (Å²) in [7, 11) is 0. The second kappa shape index (κ2) is 9.79. The van der Waals surface area contributed by atoms with Gasteiger partial charge in [0.2, 0.25) is 0 Å². The second-order valence-electron chi connectivity index (χ2n) is 5.15. The Morgan fingerprint density at radius 1 is 1.04 bits per heavy atom. The topological polar surface area (TPSA) is 81.7 Å². The molecule has 0 atom stereocenters. The van der Waals surface area contributed by atoms with Crippen LogP contribution < -0.4 is 10.1 Å². The average Bonchev–Trinajstić information content (AvgIpc) is 2.64. The van der Waals surface area contributed by atoms with Gasteiger partial charge < -0.3 is 14.8 Å². The molecule has 8 heteroatoms. The van der Waals surface area contributed by atoms with E-state index in [2.05, 4.69) is 5.32 Å². The molecule has 0 aliphatic carbocycles. The van der Waals surface area contributed by atoms with Gasteiger partial charge in [0.1, 0.15) is 12.0 Å². The number of esters is 1. The first-order valence-corrected chi connectivity index (χ1v) is 8.28. The summed E-state index contributed by atoms with van der Waals surface area (Å²) in [6, 6.07) is 11.2. The maximum Gasteiger partial charge on any atom is 0.344 e. The molecule has 0 fully saturated rings.